The summed E-state index contributed by atoms with van der Waals surface area (Å²) in [4.78, 5) is 11.7. The Labute approximate surface area is 161 Å². The van der Waals surface area contributed by atoms with Gasteiger partial charge in [0.05, 0.1) is 18.3 Å². The highest BCUT2D eigenvalue weighted by Gasteiger charge is 2.87. The van der Waals surface area contributed by atoms with Gasteiger partial charge in [-0.15, -0.1) is 0 Å². The van der Waals surface area contributed by atoms with Gasteiger partial charge in [0.2, 0.25) is 0 Å². The Morgan fingerprint density at radius 1 is 0.900 bits per heavy atom. The predicted molar refractivity (Wildman–Crippen MR) is 77.8 cm³/mol. The fourth-order valence-corrected chi connectivity index (χ4v) is 2.27. The Bertz CT molecular complexity index is 759. The van der Waals surface area contributed by atoms with E-state index in [-0.39, 0.29) is 6.61 Å². The van der Waals surface area contributed by atoms with E-state index in [0.717, 1.165) is 24.3 Å². The molecule has 0 bridgehead atoms. The van der Waals surface area contributed by atoms with Gasteiger partial charge in [-0.1, -0.05) is 18.2 Å². The summed E-state index contributed by atoms with van der Waals surface area (Å²) in [5, 5.41) is 9.77. The monoisotopic (exact) mass is 462 g/mol. The average molecular weight is 462 g/mol. The van der Waals surface area contributed by atoms with Gasteiger partial charge < -0.3 is 9.84 Å². The van der Waals surface area contributed by atoms with Crippen molar-refractivity contribution in [1.82, 2.24) is 0 Å². The molecule has 1 N–H and O–H groups in total. The van der Waals surface area contributed by atoms with Crippen molar-refractivity contribution in [3.05, 3.63) is 35.4 Å². The summed E-state index contributed by atoms with van der Waals surface area (Å²) < 4.78 is 148. The molecule has 0 fully saturated rings. The number of halogens is 11. The van der Waals surface area contributed by atoms with Crippen LogP contribution < -0.4 is 0 Å². The molecule has 0 amide bonds. The Hall–Kier alpha value is -2.12. The topological polar surface area (TPSA) is 46.5 Å². The molecule has 1 unspecified atom stereocenters. The number of benzene rings is 1. The lowest BCUT2D eigenvalue weighted by Gasteiger charge is -2.37. The number of carbonyl (C=O) groups is 1. The van der Waals surface area contributed by atoms with Crippen LogP contribution in [0.3, 0.4) is 0 Å². The minimum absolute atomic E-state index is 0.240. The van der Waals surface area contributed by atoms with Gasteiger partial charge in [0, 0.05) is 6.42 Å². The van der Waals surface area contributed by atoms with E-state index in [1.54, 1.807) is 0 Å². The van der Waals surface area contributed by atoms with Gasteiger partial charge in [0.25, 0.3) is 0 Å². The van der Waals surface area contributed by atoms with Crippen LogP contribution in [-0.4, -0.2) is 47.5 Å². The lowest BCUT2D eigenvalue weighted by Crippen LogP contribution is -2.66. The van der Waals surface area contributed by atoms with Crippen LogP contribution in [0.25, 0.3) is 0 Å². The Morgan fingerprint density at radius 2 is 1.40 bits per heavy atom. The molecule has 0 radical (unpaired) electrons. The van der Waals surface area contributed by atoms with Crippen molar-refractivity contribution in [3.8, 4) is 0 Å². The molecule has 172 valence electrons. The van der Waals surface area contributed by atoms with Gasteiger partial charge in [-0.05, 0) is 18.6 Å². The zero-order valence-electron chi connectivity index (χ0n) is 14.7. The highest BCUT2D eigenvalue weighted by molar-refractivity contribution is 5.91. The maximum Gasteiger partial charge on any atom is 0.460 e. The Morgan fingerprint density at radius 3 is 1.87 bits per heavy atom. The number of hydrogen-bond donors (Lipinski definition) is 1. The van der Waals surface area contributed by atoms with Crippen molar-refractivity contribution >= 4 is 5.97 Å². The molecule has 1 atom stereocenters. The normalized spacial score (nSPS) is 15.1. The lowest BCUT2D eigenvalue weighted by atomic mass is 9.91. The van der Waals surface area contributed by atoms with Gasteiger partial charge in [-0.2, -0.15) is 48.3 Å². The number of ether oxygens (including phenoxy) is 1. The fourth-order valence-electron chi connectivity index (χ4n) is 2.27. The van der Waals surface area contributed by atoms with E-state index in [2.05, 4.69) is 4.74 Å². The van der Waals surface area contributed by atoms with Gasteiger partial charge in [0.1, 0.15) is 0 Å². The molecule has 0 aliphatic heterocycles. The third kappa shape index (κ3) is 4.32. The maximum atomic E-state index is 13.8. The van der Waals surface area contributed by atoms with Crippen molar-refractivity contribution in [2.45, 2.75) is 49.3 Å². The summed E-state index contributed by atoms with van der Waals surface area (Å²) in [6.07, 6.45) is -12.8. The summed E-state index contributed by atoms with van der Waals surface area (Å²) in [7, 11) is 0. The van der Waals surface area contributed by atoms with Crippen LogP contribution in [0.15, 0.2) is 24.3 Å². The molecular formula is C16H13F11O3. The fraction of sp³-hybridized carbons (Fsp3) is 0.562. The summed E-state index contributed by atoms with van der Waals surface area (Å²) >= 11 is 0. The first-order valence-electron chi connectivity index (χ1n) is 7.87. The molecule has 1 aromatic rings. The number of aliphatic hydroxyl groups excluding tert-OH is 1. The van der Waals surface area contributed by atoms with Crippen molar-refractivity contribution in [3.63, 3.8) is 0 Å². The van der Waals surface area contributed by atoms with Crippen LogP contribution in [-0.2, 0) is 4.74 Å². The van der Waals surface area contributed by atoms with E-state index in [4.69, 9.17) is 0 Å². The third-order valence-electron chi connectivity index (χ3n) is 3.87. The van der Waals surface area contributed by atoms with Crippen molar-refractivity contribution < 1.29 is 62.9 Å². The standard InChI is InChI=1S/C16H13F11O3/c1-2-30-11(29)9-6-4-3-5-8(9)10(28)7-12(17,18)13(19,20)14(21,22)15(23,24)16(25,26)27/h3-6,10,28H,2,7H2,1H3. The number of rotatable bonds is 8. The molecule has 1 aromatic carbocycles. The zero-order valence-corrected chi connectivity index (χ0v) is 14.7. The number of alkyl halides is 11. The minimum atomic E-state index is -7.57. The predicted octanol–water partition coefficient (Wildman–Crippen LogP) is 5.39. The first kappa shape index (κ1) is 25.9. The lowest BCUT2D eigenvalue weighted by molar-refractivity contribution is -0.423. The molecule has 3 nitrogen and oxygen atoms in total. The second-order valence-electron chi connectivity index (χ2n) is 5.95. The quantitative estimate of drug-likeness (QED) is 0.417. The molecule has 1 rings (SSSR count). The summed E-state index contributed by atoms with van der Waals surface area (Å²) in [6.45, 7) is 1.09. The highest BCUT2D eigenvalue weighted by Crippen LogP contribution is 2.58. The van der Waals surface area contributed by atoms with E-state index in [1.165, 1.54) is 6.92 Å². The number of esters is 1. The maximum absolute atomic E-state index is 13.8. The molecule has 0 saturated carbocycles. The van der Waals surface area contributed by atoms with Crippen molar-refractivity contribution in [1.29, 1.82) is 0 Å². The number of carbonyl (C=O) groups excluding carboxylic acids is 1. The second kappa shape index (κ2) is 8.19. The van der Waals surface area contributed by atoms with E-state index < -0.39 is 59.5 Å². The molecule has 30 heavy (non-hydrogen) atoms. The first-order chi connectivity index (χ1) is 13.3. The van der Waals surface area contributed by atoms with Crippen LogP contribution in [0.2, 0.25) is 0 Å². The largest absolute Gasteiger partial charge is 0.462 e. The number of hydrogen-bond acceptors (Lipinski definition) is 3. The van der Waals surface area contributed by atoms with Crippen molar-refractivity contribution in [2.24, 2.45) is 0 Å². The SMILES string of the molecule is CCOC(=O)c1ccccc1C(O)CC(F)(F)C(F)(F)C(F)(F)C(F)(F)C(F)(F)F. The summed E-state index contributed by atoms with van der Waals surface area (Å²) in [6, 6.07) is 3.78. The second-order valence-corrected chi connectivity index (χ2v) is 5.95. The zero-order chi connectivity index (χ0) is 23.8. The number of aliphatic hydroxyl groups is 1. The Kier molecular flexibility index (Phi) is 7.08. The molecule has 14 heteroatoms. The molecule has 0 saturated heterocycles. The minimum Gasteiger partial charge on any atom is -0.462 e. The summed E-state index contributed by atoms with van der Waals surface area (Å²) in [5.41, 5.74) is -1.46. The molecule has 0 aliphatic rings. The van der Waals surface area contributed by atoms with E-state index >= 15 is 0 Å². The van der Waals surface area contributed by atoms with Crippen LogP contribution in [0.4, 0.5) is 48.3 Å². The van der Waals surface area contributed by atoms with E-state index in [1.807, 2.05) is 0 Å². The molecule has 0 heterocycles. The van der Waals surface area contributed by atoms with Gasteiger partial charge >= 0.3 is 35.8 Å². The molecular weight excluding hydrogens is 449 g/mol. The molecule has 0 aromatic heterocycles. The van der Waals surface area contributed by atoms with Crippen LogP contribution in [0.5, 0.6) is 0 Å². The average Bonchev–Trinajstić information content (AvgIpc) is 2.60. The smallest absolute Gasteiger partial charge is 0.460 e. The Balaban J connectivity index is 3.32. The van der Waals surface area contributed by atoms with E-state index in [0.29, 0.717) is 0 Å². The van der Waals surface area contributed by atoms with Crippen molar-refractivity contribution in [2.75, 3.05) is 6.61 Å². The first-order valence-corrected chi connectivity index (χ1v) is 7.87. The molecule has 0 spiro atoms. The summed E-state index contributed by atoms with van der Waals surface area (Å²) in [5.74, 6) is -29.8. The van der Waals surface area contributed by atoms with Gasteiger partial charge in [0.15, 0.2) is 0 Å². The molecule has 0 aliphatic carbocycles. The third-order valence-corrected chi connectivity index (χ3v) is 3.87. The van der Waals surface area contributed by atoms with E-state index in [9.17, 15) is 58.2 Å². The van der Waals surface area contributed by atoms with Gasteiger partial charge in [-0.3, -0.25) is 0 Å². The van der Waals surface area contributed by atoms with Crippen LogP contribution >= 0.6 is 0 Å². The van der Waals surface area contributed by atoms with Crippen LogP contribution in [0, 0.1) is 0 Å². The van der Waals surface area contributed by atoms with Crippen LogP contribution in [0.1, 0.15) is 35.4 Å². The van der Waals surface area contributed by atoms with Gasteiger partial charge in [-0.25, -0.2) is 4.79 Å². The highest BCUT2D eigenvalue weighted by atomic mass is 19.4.